The van der Waals surface area contributed by atoms with E-state index in [0.29, 0.717) is 0 Å². The van der Waals surface area contributed by atoms with Gasteiger partial charge in [0.2, 0.25) is 0 Å². The van der Waals surface area contributed by atoms with Crippen molar-refractivity contribution in [2.45, 2.75) is 97.9 Å². The summed E-state index contributed by atoms with van der Waals surface area (Å²) in [5.74, 6) is 2.48. The second kappa shape index (κ2) is 9.01. The average molecular weight is 399 g/mol. The van der Waals surface area contributed by atoms with Gasteiger partial charge in [0.15, 0.2) is 0 Å². The molecule has 1 rings (SSSR count). The molecule has 28 heavy (non-hydrogen) atoms. The summed E-state index contributed by atoms with van der Waals surface area (Å²) in [4.78, 5) is 27.6. The maximum Gasteiger partial charge on any atom is 0.424 e. The molecular weight excluding hydrogens is 364 g/mol. The van der Waals surface area contributed by atoms with Crippen LogP contribution in [-0.4, -0.2) is 69.3 Å². The third-order valence-corrected chi connectivity index (χ3v) is 4.14. The number of nitrogens with zero attached hydrogens (tertiary/aromatic N) is 2. The lowest BCUT2D eigenvalue weighted by atomic mass is 10.1. The van der Waals surface area contributed by atoms with E-state index in [4.69, 9.17) is 14.2 Å². The van der Waals surface area contributed by atoms with Crippen molar-refractivity contribution in [2.24, 2.45) is 0 Å². The predicted octanol–water partition coefficient (Wildman–Crippen LogP) is 2.94. The van der Waals surface area contributed by atoms with Gasteiger partial charge in [0.25, 0.3) is 0 Å². The summed E-state index contributed by atoms with van der Waals surface area (Å²) in [5.41, 5.74) is -1.65. The minimum Gasteiger partial charge on any atom is -0.444 e. The van der Waals surface area contributed by atoms with Crippen LogP contribution in [0, 0.1) is 12.0 Å². The Kier molecular flexibility index (Phi) is 7.74. The zero-order valence-electron chi connectivity index (χ0n) is 18.4. The van der Waals surface area contributed by atoms with Crippen LogP contribution in [-0.2, 0) is 14.2 Å². The van der Waals surface area contributed by atoms with E-state index in [1.54, 1.807) is 34.6 Å². The van der Waals surface area contributed by atoms with Gasteiger partial charge in [0.05, 0.1) is 12.6 Å². The predicted molar refractivity (Wildman–Crippen MR) is 104 cm³/mol. The van der Waals surface area contributed by atoms with Gasteiger partial charge in [-0.1, -0.05) is 0 Å². The van der Waals surface area contributed by atoms with Crippen LogP contribution in [0.3, 0.4) is 0 Å². The third kappa shape index (κ3) is 6.28. The molecule has 0 spiro atoms. The fraction of sp³-hybridized carbons (Fsp3) is 0.800. The van der Waals surface area contributed by atoms with Crippen LogP contribution in [0.4, 0.5) is 9.59 Å². The number of carbonyl (C=O) groups is 2. The third-order valence-electron chi connectivity index (χ3n) is 4.14. The van der Waals surface area contributed by atoms with Gasteiger partial charge in [-0.25, -0.2) is 9.59 Å². The summed E-state index contributed by atoms with van der Waals surface area (Å²) >= 11 is 0. The quantitative estimate of drug-likeness (QED) is 0.736. The summed E-state index contributed by atoms with van der Waals surface area (Å²) in [5, 5.41) is 10.5. The highest BCUT2D eigenvalue weighted by Crippen LogP contribution is 2.30. The van der Waals surface area contributed by atoms with Crippen molar-refractivity contribution >= 4 is 12.2 Å². The second-order valence-corrected chi connectivity index (χ2v) is 8.83. The van der Waals surface area contributed by atoms with Gasteiger partial charge in [-0.3, -0.25) is 4.90 Å². The molecule has 0 aromatic heterocycles. The molecule has 0 aromatic carbocycles. The molecule has 1 aliphatic heterocycles. The molecule has 8 nitrogen and oxygen atoms in total. The lowest BCUT2D eigenvalue weighted by Gasteiger charge is -2.35. The van der Waals surface area contributed by atoms with Crippen molar-refractivity contribution in [1.82, 2.24) is 9.80 Å². The topological polar surface area (TPSA) is 88.5 Å². The molecule has 0 saturated carbocycles. The van der Waals surface area contributed by atoms with Crippen LogP contribution in [0.5, 0.6) is 0 Å². The van der Waals surface area contributed by atoms with Gasteiger partial charge >= 0.3 is 12.2 Å². The first-order chi connectivity index (χ1) is 12.7. The van der Waals surface area contributed by atoms with Gasteiger partial charge < -0.3 is 24.2 Å². The molecule has 8 heteroatoms. The number of ether oxygens (including phenoxy) is 3. The molecule has 0 radical (unpaired) electrons. The molecule has 0 aromatic rings. The van der Waals surface area contributed by atoms with Gasteiger partial charge in [-0.2, -0.15) is 0 Å². The lowest BCUT2D eigenvalue weighted by Crippen LogP contribution is -2.53. The molecule has 160 valence electrons. The molecule has 1 saturated heterocycles. The highest BCUT2D eigenvalue weighted by molar-refractivity contribution is 5.70. The fourth-order valence-electron chi connectivity index (χ4n) is 3.03. The van der Waals surface area contributed by atoms with Crippen molar-refractivity contribution in [3.8, 4) is 12.0 Å². The summed E-state index contributed by atoms with van der Waals surface area (Å²) in [6, 6.07) is -0.848. The van der Waals surface area contributed by atoms with E-state index >= 15 is 0 Å². The molecule has 1 aliphatic rings. The standard InChI is InChI=1S/C20H34N2O6/c1-13(2)21(14(3)4)17(24)26-11-10-16(23)15-12-27-20(8,9)22(15)18(25)28-19(5,6)7/h13-16,23H,12H2,1-9H3/t15-,16+/m0/s1. The highest BCUT2D eigenvalue weighted by Gasteiger charge is 2.48. The van der Waals surface area contributed by atoms with Crippen molar-refractivity contribution in [1.29, 1.82) is 0 Å². The Labute approximate surface area is 168 Å². The Morgan fingerprint density at radius 2 is 1.75 bits per heavy atom. The lowest BCUT2D eigenvalue weighted by molar-refractivity contribution is -0.0658. The van der Waals surface area contributed by atoms with E-state index in [-0.39, 0.29) is 18.7 Å². The summed E-state index contributed by atoms with van der Waals surface area (Å²) in [7, 11) is 0. The van der Waals surface area contributed by atoms with Crippen molar-refractivity contribution in [3.05, 3.63) is 0 Å². The van der Waals surface area contributed by atoms with Crippen molar-refractivity contribution < 1.29 is 28.9 Å². The zero-order chi connectivity index (χ0) is 21.9. The van der Waals surface area contributed by atoms with Crippen LogP contribution < -0.4 is 0 Å². The van der Waals surface area contributed by atoms with E-state index in [9.17, 15) is 14.7 Å². The number of carbonyl (C=O) groups excluding carboxylic acids is 2. The number of rotatable bonds is 3. The molecule has 0 bridgehead atoms. The highest BCUT2D eigenvalue weighted by atomic mass is 16.6. The van der Waals surface area contributed by atoms with Crippen LogP contribution in [0.1, 0.15) is 62.3 Å². The summed E-state index contributed by atoms with van der Waals surface area (Å²) < 4.78 is 16.0. The molecular formula is C20H34N2O6. The van der Waals surface area contributed by atoms with Crippen LogP contribution in [0.15, 0.2) is 0 Å². The molecule has 2 amide bonds. The average Bonchev–Trinajstić information content (AvgIpc) is 2.80. The maximum absolute atomic E-state index is 12.6. The Morgan fingerprint density at radius 3 is 2.21 bits per heavy atom. The van der Waals surface area contributed by atoms with Crippen LogP contribution >= 0.6 is 0 Å². The number of hydrogen-bond acceptors (Lipinski definition) is 6. The van der Waals surface area contributed by atoms with Crippen molar-refractivity contribution in [3.63, 3.8) is 0 Å². The SMILES string of the molecule is CC(C)N(C(=O)OC#C[C@@H](O)[C@@H]1COC(C)(C)N1C(=O)OC(C)(C)C)C(C)C. The van der Waals surface area contributed by atoms with E-state index < -0.39 is 35.7 Å². The Morgan fingerprint density at radius 1 is 1.21 bits per heavy atom. The monoisotopic (exact) mass is 398 g/mol. The number of aliphatic hydroxyl groups is 1. The Balaban J connectivity index is 2.88. The molecule has 0 aliphatic carbocycles. The largest absolute Gasteiger partial charge is 0.444 e. The first kappa shape index (κ1) is 24.1. The maximum atomic E-state index is 12.6. The molecule has 0 unspecified atom stereocenters. The van der Waals surface area contributed by atoms with Crippen LogP contribution in [0.25, 0.3) is 0 Å². The van der Waals surface area contributed by atoms with E-state index in [2.05, 4.69) is 12.0 Å². The zero-order valence-corrected chi connectivity index (χ0v) is 18.4. The first-order valence-electron chi connectivity index (χ1n) is 9.51. The van der Waals surface area contributed by atoms with E-state index in [0.717, 1.165) is 0 Å². The fourth-order valence-corrected chi connectivity index (χ4v) is 3.03. The van der Waals surface area contributed by atoms with Gasteiger partial charge in [-0.05, 0) is 68.2 Å². The number of amides is 2. The molecule has 1 fully saturated rings. The smallest absolute Gasteiger partial charge is 0.424 e. The molecule has 1 heterocycles. The summed E-state index contributed by atoms with van der Waals surface area (Å²) in [6.45, 7) is 16.3. The Bertz CT molecular complexity index is 619. The summed E-state index contributed by atoms with van der Waals surface area (Å²) in [6.07, 6.45) is -0.202. The molecule has 1 N–H and O–H groups in total. The second-order valence-electron chi connectivity index (χ2n) is 8.83. The Hall–Kier alpha value is -1.98. The first-order valence-corrected chi connectivity index (χ1v) is 9.51. The van der Waals surface area contributed by atoms with Gasteiger partial charge in [-0.15, -0.1) is 0 Å². The van der Waals surface area contributed by atoms with Crippen molar-refractivity contribution in [2.75, 3.05) is 6.61 Å². The van der Waals surface area contributed by atoms with Gasteiger partial charge in [0, 0.05) is 12.1 Å². The van der Waals surface area contributed by atoms with Gasteiger partial charge in [0.1, 0.15) is 23.5 Å². The minimum absolute atomic E-state index is 0.0501. The number of aliphatic hydroxyl groups excluding tert-OH is 1. The van der Waals surface area contributed by atoms with Crippen LogP contribution in [0.2, 0.25) is 0 Å². The van der Waals surface area contributed by atoms with E-state index in [1.165, 1.54) is 9.80 Å². The minimum atomic E-state index is -1.27. The number of hydrogen-bond donors (Lipinski definition) is 1. The normalized spacial score (nSPS) is 19.9. The molecule has 2 atom stereocenters. The van der Waals surface area contributed by atoms with E-state index in [1.807, 2.05) is 27.7 Å².